The number of benzene rings is 9. The third kappa shape index (κ3) is 18.7. The van der Waals surface area contributed by atoms with Crippen molar-refractivity contribution in [3.63, 3.8) is 0 Å². The molecule has 0 unspecified atom stereocenters. The zero-order chi connectivity index (χ0) is 62.9. The van der Waals surface area contributed by atoms with Gasteiger partial charge in [-0.05, 0) is 120 Å². The van der Waals surface area contributed by atoms with Crippen LogP contribution in [0.3, 0.4) is 0 Å². The molecule has 9 aromatic carbocycles. The molecule has 3 heterocycles. The van der Waals surface area contributed by atoms with Gasteiger partial charge in [-0.2, -0.15) is 0 Å². The molecule has 12 aromatic rings. The molecule has 451 valence electrons. The molecule has 92 heavy (non-hydrogen) atoms. The fourth-order valence-corrected chi connectivity index (χ4v) is 9.31. The van der Waals surface area contributed by atoms with Crippen LogP contribution in [0.4, 0.5) is 34.6 Å². The number of hydrogen-bond donors (Lipinski definition) is 0. The van der Waals surface area contributed by atoms with Gasteiger partial charge in [-0.15, -0.1) is 107 Å². The molecule has 0 saturated heterocycles. The summed E-state index contributed by atoms with van der Waals surface area (Å²) in [7, 11) is 4.72. The van der Waals surface area contributed by atoms with E-state index in [-0.39, 0.29) is 27.5 Å². The van der Waals surface area contributed by atoms with E-state index in [2.05, 4.69) is 228 Å². The second-order valence-corrected chi connectivity index (χ2v) is 19.9. The summed E-state index contributed by atoms with van der Waals surface area (Å²) in [5.74, 6) is -6.00. The molecule has 0 spiro atoms. The van der Waals surface area contributed by atoms with Crippen LogP contribution in [0.25, 0.3) is 62.6 Å². The van der Waals surface area contributed by atoms with Gasteiger partial charge >= 0.3 is 20.1 Å². The largest absolute Gasteiger partial charge is 3.00 e. The maximum Gasteiger partial charge on any atom is 3.00 e. The Hall–Kier alpha value is -10.8. The van der Waals surface area contributed by atoms with Gasteiger partial charge in [0.2, 0.25) is 0 Å². The van der Waals surface area contributed by atoms with E-state index in [1.165, 1.54) is 22.3 Å². The van der Waals surface area contributed by atoms with Crippen LogP contribution in [-0.2, 0) is 20.1 Å². The van der Waals surface area contributed by atoms with Gasteiger partial charge in [0.1, 0.15) is 17.2 Å². The molecule has 0 atom stereocenters. The monoisotopic (exact) mass is 1380 g/mol. The van der Waals surface area contributed by atoms with Gasteiger partial charge in [-0.1, -0.05) is 142 Å². The maximum absolute atomic E-state index is 12.6. The summed E-state index contributed by atoms with van der Waals surface area (Å²) < 4.78 is 50.2. The van der Waals surface area contributed by atoms with Crippen LogP contribution < -0.4 is 10.4 Å². The van der Waals surface area contributed by atoms with Gasteiger partial charge < -0.3 is 27.7 Å². The van der Waals surface area contributed by atoms with Crippen molar-refractivity contribution in [3.05, 3.63) is 392 Å². The Morgan fingerprint density at radius 3 is 1.26 bits per heavy atom. The van der Waals surface area contributed by atoms with Gasteiger partial charge in [0.05, 0.1) is 5.57 Å². The summed E-state index contributed by atoms with van der Waals surface area (Å²) in [6, 6.07) is 95.6. The second-order valence-electron chi connectivity index (χ2n) is 19.9. The third-order valence-electron chi connectivity index (χ3n) is 14.0. The number of rotatable bonds is 11. The Bertz CT molecular complexity index is 3960. The van der Waals surface area contributed by atoms with Crippen molar-refractivity contribution in [2.75, 3.05) is 4.90 Å². The first-order valence-electron chi connectivity index (χ1n) is 28.8. The normalized spacial score (nSPS) is 10.6. The number of hydrogen-bond acceptors (Lipinski definition) is 4. The Kier molecular flexibility index (Phi) is 26.5. The van der Waals surface area contributed by atoms with E-state index >= 15 is 0 Å². The maximum atomic E-state index is 12.6. The van der Waals surface area contributed by atoms with Crippen molar-refractivity contribution < 1.29 is 37.7 Å². The summed E-state index contributed by atoms with van der Waals surface area (Å²) in [5.41, 5.74) is 16.8. The third-order valence-corrected chi connectivity index (χ3v) is 14.0. The molecule has 4 nitrogen and oxygen atoms in total. The standard InChI is InChI=1S/C33H25N2.C19H15.2C11H8N.C7H3BF4.CH4.Ir/c1-3-25-11-17-30(18-12-25)35(31-19-13-26(4-2)14-20-31)32-21-15-27(16-22-32)28-8-7-9-29(24-28)33-10-5-6-23-34-33;1-4-10-16(11-5-1)19(17-12-6-2-7-13-17)18-14-8-3-9-15-18;2*1-2-6-10(7-3-1)11-8-4-5-9-12-11;1-2-4(9)6(11)3(8)7(12)5(2)10;;/h3-8,10-24H,1-2H2;1-15H;2*1-6,8-9H;1H3;1H4;/q-1;+1;3*-1;;+3. The molecule has 3 aromatic heterocycles. The molecular weight excluding hydrogens is 1320 g/mol. The molecule has 3 radical (unpaired) electrons. The van der Waals surface area contributed by atoms with E-state index in [1.54, 1.807) is 12.4 Å². The average molecular weight is 1380 g/mol. The number of pyridine rings is 3. The number of anilines is 3. The Labute approximate surface area is 553 Å². The zero-order valence-electron chi connectivity index (χ0n) is 49.6. The van der Waals surface area contributed by atoms with Crippen LogP contribution in [0.2, 0.25) is 0 Å². The molecule has 0 fully saturated rings. The Morgan fingerprint density at radius 2 is 0.870 bits per heavy atom. The number of nitrogens with zero attached hydrogens (tertiary/aromatic N) is 4. The minimum atomic E-state index is -1.55. The minimum absolute atomic E-state index is 0. The van der Waals surface area contributed by atoms with E-state index in [1.807, 2.05) is 128 Å². The van der Waals surface area contributed by atoms with Gasteiger partial charge in [-0.25, -0.2) is 23.0 Å². The van der Waals surface area contributed by atoms with Crippen LogP contribution >= 0.6 is 0 Å². The quantitative estimate of drug-likeness (QED) is 0.0560. The molecule has 0 amide bonds. The number of allylic oxidation sites excluding steroid dienone is 5. The Morgan fingerprint density at radius 1 is 0.457 bits per heavy atom. The molecular formula is C82H63BF4IrN4. The summed E-state index contributed by atoms with van der Waals surface area (Å²) >= 11 is 0. The zero-order valence-corrected chi connectivity index (χ0v) is 52.0. The van der Waals surface area contributed by atoms with Crippen molar-refractivity contribution in [1.29, 1.82) is 0 Å². The second kappa shape index (κ2) is 35.4. The minimum Gasteiger partial charge on any atom is -0.572 e. The van der Waals surface area contributed by atoms with Crippen molar-refractivity contribution in [1.82, 2.24) is 15.0 Å². The van der Waals surface area contributed by atoms with Crippen LogP contribution in [0, 0.1) is 54.8 Å². The van der Waals surface area contributed by atoms with Crippen molar-refractivity contribution >= 4 is 48.1 Å². The van der Waals surface area contributed by atoms with E-state index in [4.69, 9.17) is 7.85 Å². The van der Waals surface area contributed by atoms with Crippen molar-refractivity contribution in [3.8, 4) is 44.9 Å². The summed E-state index contributed by atoms with van der Waals surface area (Å²) in [6.07, 6.45) is 19.6. The molecule has 1 aliphatic carbocycles. The van der Waals surface area contributed by atoms with E-state index in [0.717, 1.165) is 80.0 Å². The first-order valence-corrected chi connectivity index (χ1v) is 28.8. The molecule has 0 bridgehead atoms. The van der Waals surface area contributed by atoms with Crippen LogP contribution in [-0.4, -0.2) is 22.8 Å². The van der Waals surface area contributed by atoms with Crippen LogP contribution in [0.5, 0.6) is 0 Å². The molecule has 10 heteroatoms. The molecule has 0 N–H and O–H groups in total. The van der Waals surface area contributed by atoms with Crippen molar-refractivity contribution in [2.45, 2.75) is 14.4 Å². The fraction of sp³-hybridized carbons (Fsp3) is 0.0244. The topological polar surface area (TPSA) is 41.9 Å². The molecule has 13 rings (SSSR count). The van der Waals surface area contributed by atoms with Gasteiger partial charge in [0.25, 0.3) is 0 Å². The number of halogens is 4. The fourth-order valence-electron chi connectivity index (χ4n) is 9.31. The van der Waals surface area contributed by atoms with Crippen LogP contribution in [0.1, 0.15) is 35.2 Å². The van der Waals surface area contributed by atoms with Gasteiger partial charge in [-0.3, -0.25) is 0 Å². The molecule has 0 saturated carbocycles. The molecule has 1 aliphatic rings. The van der Waals surface area contributed by atoms with E-state index in [0.29, 0.717) is 0 Å². The van der Waals surface area contributed by atoms with Crippen LogP contribution in [0.15, 0.2) is 316 Å². The summed E-state index contributed by atoms with van der Waals surface area (Å²) in [6.45, 7) is 8.68. The van der Waals surface area contributed by atoms with Gasteiger partial charge in [0, 0.05) is 83.1 Å². The smallest absolute Gasteiger partial charge is 0.572 e. The van der Waals surface area contributed by atoms with Crippen molar-refractivity contribution in [2.24, 2.45) is 0 Å². The van der Waals surface area contributed by atoms with E-state index in [9.17, 15) is 17.6 Å². The average Bonchev–Trinajstić information content (AvgIpc) is 0.916. The predicted octanol–water partition coefficient (Wildman–Crippen LogP) is 20.9. The number of aromatic nitrogens is 3. The first kappa shape index (κ1) is 68.7. The summed E-state index contributed by atoms with van der Waals surface area (Å²) in [4.78, 5) is 15.1. The SMILES string of the molecule is C.C1=C[CH+]C(=C(c2ccccc2)c2ccccc2)C=C1.C=Cc1ccc(N(c2ccc(C=C)cc2)c2ccc(-c3cc[c-]c(-c4ccccn4)c3)cc2)cc1.[B-]c1c(F)c(F)c(C)c(F)c1F.[Ir+3].[c-]1ccccc1-c1ccccn1.[c-]1ccccc1-c1ccccn1. The first-order chi connectivity index (χ1) is 44.1. The predicted molar refractivity (Wildman–Crippen MR) is 370 cm³/mol. The van der Waals surface area contributed by atoms with E-state index < -0.39 is 34.3 Å². The molecule has 0 aliphatic heterocycles. The van der Waals surface area contributed by atoms with Gasteiger partial charge in [0.15, 0.2) is 11.6 Å². The Balaban J connectivity index is 0.000000177. The summed E-state index contributed by atoms with van der Waals surface area (Å²) in [5, 5.41) is 0.